The van der Waals surface area contributed by atoms with Gasteiger partial charge in [-0.05, 0) is 56.0 Å². The first-order chi connectivity index (χ1) is 10.4. The number of sulfonamides is 1. The Bertz CT molecular complexity index is 734. The van der Waals surface area contributed by atoms with Crippen molar-refractivity contribution < 1.29 is 8.42 Å². The van der Waals surface area contributed by atoms with E-state index in [9.17, 15) is 8.42 Å². The standard InChI is InChI=1S/C18H23NO2S/c1-4-5-6-16-9-12-18(15(3)13-16)19-22(20,21)17-10-7-14(2)8-11-17/h7-13,19H,4-6H2,1-3H3. The normalized spacial score (nSPS) is 11.4. The van der Waals surface area contributed by atoms with Gasteiger partial charge in [0.25, 0.3) is 10.0 Å². The summed E-state index contributed by atoms with van der Waals surface area (Å²) in [5.41, 5.74) is 3.87. The summed E-state index contributed by atoms with van der Waals surface area (Å²) in [4.78, 5) is 0.285. The van der Waals surface area contributed by atoms with Crippen LogP contribution in [0, 0.1) is 13.8 Å². The van der Waals surface area contributed by atoms with Gasteiger partial charge in [0.05, 0.1) is 10.6 Å². The second-order valence-corrected chi connectivity index (χ2v) is 7.35. The van der Waals surface area contributed by atoms with Gasteiger partial charge in [0.15, 0.2) is 0 Å². The van der Waals surface area contributed by atoms with Crippen LogP contribution in [0.3, 0.4) is 0 Å². The number of rotatable bonds is 6. The van der Waals surface area contributed by atoms with Crippen molar-refractivity contribution in [1.82, 2.24) is 0 Å². The molecular weight excluding hydrogens is 294 g/mol. The molecule has 2 aromatic rings. The average molecular weight is 317 g/mol. The number of anilines is 1. The molecule has 0 saturated carbocycles. The number of hydrogen-bond acceptors (Lipinski definition) is 2. The predicted octanol–water partition coefficient (Wildman–Crippen LogP) is 4.45. The molecule has 118 valence electrons. The molecule has 0 amide bonds. The van der Waals surface area contributed by atoms with E-state index in [1.165, 1.54) is 5.56 Å². The van der Waals surface area contributed by atoms with Crippen molar-refractivity contribution >= 4 is 15.7 Å². The van der Waals surface area contributed by atoms with Gasteiger partial charge >= 0.3 is 0 Å². The molecule has 3 nitrogen and oxygen atoms in total. The number of benzene rings is 2. The van der Waals surface area contributed by atoms with Crippen molar-refractivity contribution in [3.63, 3.8) is 0 Å². The van der Waals surface area contributed by atoms with E-state index in [1.54, 1.807) is 24.3 Å². The Morgan fingerprint density at radius 3 is 2.27 bits per heavy atom. The van der Waals surface area contributed by atoms with Crippen molar-refractivity contribution in [2.24, 2.45) is 0 Å². The molecule has 22 heavy (non-hydrogen) atoms. The third kappa shape index (κ3) is 4.10. The lowest BCUT2D eigenvalue weighted by Gasteiger charge is -2.12. The maximum Gasteiger partial charge on any atom is 0.261 e. The van der Waals surface area contributed by atoms with Gasteiger partial charge in [0.2, 0.25) is 0 Å². The molecule has 2 aromatic carbocycles. The van der Waals surface area contributed by atoms with Crippen LogP contribution in [0.2, 0.25) is 0 Å². The van der Waals surface area contributed by atoms with Crippen LogP contribution < -0.4 is 4.72 Å². The Labute approximate surface area is 133 Å². The zero-order chi connectivity index (χ0) is 16.2. The summed E-state index contributed by atoms with van der Waals surface area (Å²) in [6.07, 6.45) is 3.33. The molecule has 0 aliphatic carbocycles. The van der Waals surface area contributed by atoms with E-state index >= 15 is 0 Å². The number of aryl methyl sites for hydroxylation is 3. The lowest BCUT2D eigenvalue weighted by molar-refractivity contribution is 0.601. The second-order valence-electron chi connectivity index (χ2n) is 5.67. The van der Waals surface area contributed by atoms with Crippen LogP contribution in [0.15, 0.2) is 47.4 Å². The third-order valence-electron chi connectivity index (χ3n) is 3.69. The van der Waals surface area contributed by atoms with E-state index in [4.69, 9.17) is 0 Å². The molecule has 1 N–H and O–H groups in total. The van der Waals surface area contributed by atoms with Gasteiger partial charge in [-0.1, -0.05) is 43.2 Å². The van der Waals surface area contributed by atoms with E-state index in [2.05, 4.69) is 17.7 Å². The van der Waals surface area contributed by atoms with Gasteiger partial charge in [-0.2, -0.15) is 0 Å². The Morgan fingerprint density at radius 2 is 1.68 bits per heavy atom. The van der Waals surface area contributed by atoms with Crippen molar-refractivity contribution in [2.75, 3.05) is 4.72 Å². The van der Waals surface area contributed by atoms with E-state index in [-0.39, 0.29) is 4.90 Å². The lowest BCUT2D eigenvalue weighted by Crippen LogP contribution is -2.13. The van der Waals surface area contributed by atoms with Gasteiger partial charge in [-0.3, -0.25) is 4.72 Å². The average Bonchev–Trinajstić information content (AvgIpc) is 2.48. The summed E-state index contributed by atoms with van der Waals surface area (Å²) < 4.78 is 27.5. The molecule has 0 radical (unpaired) electrons. The van der Waals surface area contributed by atoms with Crippen molar-refractivity contribution in [3.05, 3.63) is 59.2 Å². The summed E-state index contributed by atoms with van der Waals surface area (Å²) in [5.74, 6) is 0. The Morgan fingerprint density at radius 1 is 1.00 bits per heavy atom. The first-order valence-electron chi connectivity index (χ1n) is 7.61. The molecule has 2 rings (SSSR count). The summed E-state index contributed by atoms with van der Waals surface area (Å²) >= 11 is 0. The van der Waals surface area contributed by atoms with Crippen LogP contribution in [-0.4, -0.2) is 8.42 Å². The third-order valence-corrected chi connectivity index (χ3v) is 5.07. The fraction of sp³-hybridized carbons (Fsp3) is 0.333. The topological polar surface area (TPSA) is 46.2 Å². The highest BCUT2D eigenvalue weighted by Crippen LogP contribution is 2.22. The Kier molecular flexibility index (Phi) is 5.24. The summed E-state index contributed by atoms with van der Waals surface area (Å²) in [6.45, 7) is 6.03. The van der Waals surface area contributed by atoms with Gasteiger partial charge in [0.1, 0.15) is 0 Å². The minimum Gasteiger partial charge on any atom is -0.279 e. The number of hydrogen-bond donors (Lipinski definition) is 1. The van der Waals surface area contributed by atoms with E-state index in [1.807, 2.05) is 26.0 Å². The SMILES string of the molecule is CCCCc1ccc(NS(=O)(=O)c2ccc(C)cc2)c(C)c1. The van der Waals surface area contributed by atoms with Crippen LogP contribution in [0.25, 0.3) is 0 Å². The minimum atomic E-state index is -3.53. The molecule has 0 aliphatic heterocycles. The van der Waals surface area contributed by atoms with Crippen LogP contribution in [0.4, 0.5) is 5.69 Å². The molecule has 4 heteroatoms. The molecular formula is C18H23NO2S. The first-order valence-corrected chi connectivity index (χ1v) is 9.09. The second kappa shape index (κ2) is 6.97. The molecule has 0 fully saturated rings. The molecule has 0 spiro atoms. The van der Waals surface area contributed by atoms with Crippen molar-refractivity contribution in [3.8, 4) is 0 Å². The lowest BCUT2D eigenvalue weighted by atomic mass is 10.1. The Hall–Kier alpha value is -1.81. The summed E-state index contributed by atoms with van der Waals surface area (Å²) in [6, 6.07) is 12.8. The molecule has 0 heterocycles. The van der Waals surface area contributed by atoms with E-state index < -0.39 is 10.0 Å². The fourth-order valence-corrected chi connectivity index (χ4v) is 3.43. The van der Waals surface area contributed by atoms with Crippen molar-refractivity contribution in [1.29, 1.82) is 0 Å². The maximum atomic E-state index is 12.4. The molecule has 0 aliphatic rings. The fourth-order valence-electron chi connectivity index (χ4n) is 2.30. The number of nitrogens with one attached hydrogen (secondary N) is 1. The molecule has 0 atom stereocenters. The van der Waals surface area contributed by atoms with Crippen LogP contribution in [0.5, 0.6) is 0 Å². The highest BCUT2D eigenvalue weighted by Gasteiger charge is 2.15. The zero-order valence-corrected chi connectivity index (χ0v) is 14.2. The smallest absolute Gasteiger partial charge is 0.261 e. The summed E-state index contributed by atoms with van der Waals surface area (Å²) in [5, 5.41) is 0. The molecule has 0 bridgehead atoms. The number of unbranched alkanes of at least 4 members (excludes halogenated alkanes) is 1. The minimum absolute atomic E-state index is 0.285. The van der Waals surface area contributed by atoms with Gasteiger partial charge in [0, 0.05) is 0 Å². The van der Waals surface area contributed by atoms with Gasteiger partial charge in [-0.25, -0.2) is 8.42 Å². The summed E-state index contributed by atoms with van der Waals surface area (Å²) in [7, 11) is -3.53. The van der Waals surface area contributed by atoms with Gasteiger partial charge in [-0.15, -0.1) is 0 Å². The first kappa shape index (κ1) is 16.6. The van der Waals surface area contributed by atoms with Crippen LogP contribution in [0.1, 0.15) is 36.5 Å². The zero-order valence-electron chi connectivity index (χ0n) is 13.4. The van der Waals surface area contributed by atoms with Crippen LogP contribution >= 0.6 is 0 Å². The van der Waals surface area contributed by atoms with E-state index in [0.717, 1.165) is 30.4 Å². The quantitative estimate of drug-likeness (QED) is 0.855. The predicted molar refractivity (Wildman–Crippen MR) is 91.8 cm³/mol. The highest BCUT2D eigenvalue weighted by molar-refractivity contribution is 7.92. The maximum absolute atomic E-state index is 12.4. The molecule has 0 aromatic heterocycles. The molecule has 0 unspecified atom stereocenters. The monoisotopic (exact) mass is 317 g/mol. The largest absolute Gasteiger partial charge is 0.279 e. The van der Waals surface area contributed by atoms with Gasteiger partial charge < -0.3 is 0 Å². The Balaban J connectivity index is 2.20. The van der Waals surface area contributed by atoms with E-state index in [0.29, 0.717) is 5.69 Å². The highest BCUT2D eigenvalue weighted by atomic mass is 32.2. The molecule has 0 saturated heterocycles. The van der Waals surface area contributed by atoms with Crippen LogP contribution in [-0.2, 0) is 16.4 Å². The van der Waals surface area contributed by atoms with Crippen molar-refractivity contribution in [2.45, 2.75) is 44.9 Å².